The van der Waals surface area contributed by atoms with Gasteiger partial charge in [-0.1, -0.05) is 0 Å². The van der Waals surface area contributed by atoms with E-state index in [1.807, 2.05) is 19.9 Å². The fourth-order valence-corrected chi connectivity index (χ4v) is 4.78. The summed E-state index contributed by atoms with van der Waals surface area (Å²) in [7, 11) is 0. The molecule has 0 spiro atoms. The number of carbonyl (C=O) groups excluding carboxylic acids is 2. The zero-order valence-corrected chi connectivity index (χ0v) is 17.7. The highest BCUT2D eigenvalue weighted by Gasteiger charge is 2.37. The Labute approximate surface area is 173 Å². The number of aryl methyl sites for hydroxylation is 2. The number of nitrogens with one attached hydrogen (secondary N) is 1. The molecule has 0 unspecified atom stereocenters. The lowest BCUT2D eigenvalue weighted by Gasteiger charge is -2.42. The van der Waals surface area contributed by atoms with Gasteiger partial charge in [0.25, 0.3) is 0 Å². The van der Waals surface area contributed by atoms with Gasteiger partial charge in [-0.25, -0.2) is 9.97 Å². The van der Waals surface area contributed by atoms with Crippen molar-refractivity contribution in [3.63, 3.8) is 0 Å². The molecule has 4 rings (SSSR count). The molecule has 7 nitrogen and oxygen atoms in total. The number of likely N-dealkylation sites (tertiary alicyclic amines) is 2. The average Bonchev–Trinajstić information content (AvgIpc) is 3.56. The summed E-state index contributed by atoms with van der Waals surface area (Å²) in [5, 5.41) is 3.04. The van der Waals surface area contributed by atoms with Gasteiger partial charge in [-0.2, -0.15) is 0 Å². The van der Waals surface area contributed by atoms with Crippen molar-refractivity contribution in [3.8, 4) is 0 Å². The van der Waals surface area contributed by atoms with E-state index in [4.69, 9.17) is 0 Å². The first-order valence-corrected chi connectivity index (χ1v) is 11.1. The van der Waals surface area contributed by atoms with E-state index in [-0.39, 0.29) is 11.8 Å². The van der Waals surface area contributed by atoms with Crippen LogP contribution in [-0.4, -0.2) is 63.8 Å². The van der Waals surface area contributed by atoms with E-state index in [1.54, 1.807) is 0 Å². The van der Waals surface area contributed by atoms with Crippen LogP contribution in [0.2, 0.25) is 0 Å². The zero-order valence-electron chi connectivity index (χ0n) is 17.7. The number of aromatic nitrogens is 2. The normalized spacial score (nSPS) is 23.8. The molecule has 0 aromatic carbocycles. The average molecular weight is 400 g/mol. The number of piperidine rings is 2. The van der Waals surface area contributed by atoms with Crippen LogP contribution in [0.4, 0.5) is 0 Å². The molecule has 7 heteroatoms. The second-order valence-electron chi connectivity index (χ2n) is 8.95. The van der Waals surface area contributed by atoms with Crippen LogP contribution in [0.5, 0.6) is 0 Å². The van der Waals surface area contributed by atoms with Gasteiger partial charge in [0.05, 0.1) is 12.5 Å². The van der Waals surface area contributed by atoms with Crippen LogP contribution in [-0.2, 0) is 16.1 Å². The Morgan fingerprint density at radius 2 is 1.69 bits per heavy atom. The maximum atomic E-state index is 12.7. The van der Waals surface area contributed by atoms with Crippen LogP contribution in [0, 0.1) is 25.7 Å². The summed E-state index contributed by atoms with van der Waals surface area (Å²) in [5.74, 6) is 1.50. The maximum absolute atomic E-state index is 12.7. The molecule has 0 radical (unpaired) electrons. The van der Waals surface area contributed by atoms with Gasteiger partial charge in [0.1, 0.15) is 5.82 Å². The van der Waals surface area contributed by atoms with Crippen molar-refractivity contribution in [3.05, 3.63) is 23.3 Å². The van der Waals surface area contributed by atoms with Gasteiger partial charge < -0.3 is 10.2 Å². The Bertz CT molecular complexity index is 735. The molecule has 2 aliphatic heterocycles. The second kappa shape index (κ2) is 8.78. The van der Waals surface area contributed by atoms with Gasteiger partial charge in [0.15, 0.2) is 0 Å². The molecule has 3 heterocycles. The van der Waals surface area contributed by atoms with Crippen LogP contribution < -0.4 is 5.32 Å². The number of hydrogen-bond donors (Lipinski definition) is 1. The summed E-state index contributed by atoms with van der Waals surface area (Å²) < 4.78 is 0. The number of rotatable bonds is 5. The van der Waals surface area contributed by atoms with Crippen LogP contribution >= 0.6 is 0 Å². The first-order chi connectivity index (χ1) is 14.0. The standard InChI is InChI=1S/C22H33N5O2/c1-15-12-16(2)25-20(24-15)13-23-21(28)18-4-3-9-27(14-18)19-7-10-26(11-8-19)22(29)17-5-6-17/h12,17-19H,3-11,13-14H2,1-2H3,(H,23,28)/t18-/m1/s1. The van der Waals surface area contributed by atoms with Crippen LogP contribution in [0.15, 0.2) is 6.07 Å². The summed E-state index contributed by atoms with van der Waals surface area (Å²) in [6.45, 7) is 7.91. The Kier molecular flexibility index (Phi) is 6.13. The first kappa shape index (κ1) is 20.3. The maximum Gasteiger partial charge on any atom is 0.225 e. The smallest absolute Gasteiger partial charge is 0.225 e. The van der Waals surface area contributed by atoms with Crippen molar-refractivity contribution in [2.45, 2.75) is 65.0 Å². The molecule has 158 valence electrons. The van der Waals surface area contributed by atoms with E-state index in [0.717, 1.165) is 76.1 Å². The zero-order chi connectivity index (χ0) is 20.4. The molecule has 1 atom stereocenters. The summed E-state index contributed by atoms with van der Waals surface area (Å²) in [6.07, 6.45) is 6.21. The van der Waals surface area contributed by atoms with Gasteiger partial charge in [-0.15, -0.1) is 0 Å². The highest BCUT2D eigenvalue weighted by Crippen LogP contribution is 2.32. The van der Waals surface area contributed by atoms with Crippen molar-refractivity contribution < 1.29 is 9.59 Å². The molecule has 1 aromatic heterocycles. The Hall–Kier alpha value is -2.02. The lowest BCUT2D eigenvalue weighted by atomic mass is 9.93. The largest absolute Gasteiger partial charge is 0.349 e. The third kappa shape index (κ3) is 5.13. The molecule has 1 saturated carbocycles. The van der Waals surface area contributed by atoms with E-state index in [1.165, 1.54) is 0 Å². The second-order valence-corrected chi connectivity index (χ2v) is 8.95. The molecule has 3 fully saturated rings. The van der Waals surface area contributed by atoms with E-state index >= 15 is 0 Å². The van der Waals surface area contributed by atoms with E-state index in [0.29, 0.717) is 30.2 Å². The number of amides is 2. The molecule has 2 amide bonds. The van der Waals surface area contributed by atoms with Crippen LogP contribution in [0.1, 0.15) is 55.7 Å². The number of carbonyl (C=O) groups is 2. The summed E-state index contributed by atoms with van der Waals surface area (Å²) in [5.41, 5.74) is 1.86. The minimum absolute atomic E-state index is 0.0285. The molecule has 1 N–H and O–H groups in total. The molecule has 1 aromatic rings. The van der Waals surface area contributed by atoms with Gasteiger partial charge in [-0.05, 0) is 65.0 Å². The van der Waals surface area contributed by atoms with Crippen molar-refractivity contribution in [2.24, 2.45) is 11.8 Å². The Morgan fingerprint density at radius 1 is 1.00 bits per heavy atom. The Balaban J connectivity index is 1.25. The molecule has 1 aliphatic carbocycles. The molecule has 3 aliphatic rings. The fourth-order valence-electron chi connectivity index (χ4n) is 4.78. The van der Waals surface area contributed by atoms with Crippen LogP contribution in [0.3, 0.4) is 0 Å². The predicted octanol–water partition coefficient (Wildman–Crippen LogP) is 1.82. The van der Waals surface area contributed by atoms with Gasteiger partial charge in [-0.3, -0.25) is 14.5 Å². The summed E-state index contributed by atoms with van der Waals surface area (Å²) >= 11 is 0. The topological polar surface area (TPSA) is 78.4 Å². The summed E-state index contributed by atoms with van der Waals surface area (Å²) in [4.78, 5) is 38.4. The van der Waals surface area contributed by atoms with Gasteiger partial charge in [0, 0.05) is 43.0 Å². The van der Waals surface area contributed by atoms with Crippen molar-refractivity contribution in [2.75, 3.05) is 26.2 Å². The van der Waals surface area contributed by atoms with Gasteiger partial charge in [0.2, 0.25) is 11.8 Å². The van der Waals surface area contributed by atoms with Crippen molar-refractivity contribution in [1.29, 1.82) is 0 Å². The lowest BCUT2D eigenvalue weighted by molar-refractivity contribution is -0.134. The molecular weight excluding hydrogens is 366 g/mol. The fraction of sp³-hybridized carbons (Fsp3) is 0.727. The minimum atomic E-state index is 0.0285. The van der Waals surface area contributed by atoms with E-state index in [9.17, 15) is 9.59 Å². The quantitative estimate of drug-likeness (QED) is 0.817. The van der Waals surface area contributed by atoms with E-state index in [2.05, 4.69) is 25.1 Å². The molecular formula is C22H33N5O2. The monoisotopic (exact) mass is 399 g/mol. The number of hydrogen-bond acceptors (Lipinski definition) is 5. The third-order valence-electron chi connectivity index (χ3n) is 6.49. The first-order valence-electron chi connectivity index (χ1n) is 11.1. The van der Waals surface area contributed by atoms with Crippen LogP contribution in [0.25, 0.3) is 0 Å². The van der Waals surface area contributed by atoms with E-state index < -0.39 is 0 Å². The lowest BCUT2D eigenvalue weighted by Crippen LogP contribution is -2.51. The minimum Gasteiger partial charge on any atom is -0.349 e. The van der Waals surface area contributed by atoms with Crippen molar-refractivity contribution >= 4 is 11.8 Å². The van der Waals surface area contributed by atoms with Crippen molar-refractivity contribution in [1.82, 2.24) is 25.1 Å². The molecule has 0 bridgehead atoms. The highest BCUT2D eigenvalue weighted by molar-refractivity contribution is 5.81. The molecule has 2 saturated heterocycles. The predicted molar refractivity (Wildman–Crippen MR) is 110 cm³/mol. The highest BCUT2D eigenvalue weighted by atomic mass is 16.2. The third-order valence-corrected chi connectivity index (χ3v) is 6.49. The van der Waals surface area contributed by atoms with Gasteiger partial charge >= 0.3 is 0 Å². The Morgan fingerprint density at radius 3 is 2.34 bits per heavy atom. The summed E-state index contributed by atoms with van der Waals surface area (Å²) in [6, 6.07) is 2.44. The molecule has 29 heavy (non-hydrogen) atoms. The number of nitrogens with zero attached hydrogens (tertiary/aromatic N) is 4. The SMILES string of the molecule is Cc1cc(C)nc(CNC(=O)[C@@H]2CCCN(C3CCN(C(=O)C4CC4)CC3)C2)n1.